The lowest BCUT2D eigenvalue weighted by molar-refractivity contribution is 0.415. The summed E-state index contributed by atoms with van der Waals surface area (Å²) in [6.07, 6.45) is 2.04. The molecular formula is C13H11N3OS. The van der Waals surface area contributed by atoms with Crippen LogP contribution in [0.4, 0.5) is 0 Å². The van der Waals surface area contributed by atoms with Gasteiger partial charge in [0.1, 0.15) is 11.3 Å². The highest BCUT2D eigenvalue weighted by Crippen LogP contribution is 2.36. The molecule has 0 N–H and O–H groups in total. The first-order chi connectivity index (χ1) is 8.86. The van der Waals surface area contributed by atoms with E-state index in [4.69, 9.17) is 9.72 Å². The molecule has 0 saturated heterocycles. The van der Waals surface area contributed by atoms with Crippen molar-refractivity contribution in [3.63, 3.8) is 0 Å². The summed E-state index contributed by atoms with van der Waals surface area (Å²) in [7, 11) is 1.69. The van der Waals surface area contributed by atoms with E-state index in [0.717, 1.165) is 29.2 Å². The molecule has 4 nitrogen and oxygen atoms in total. The van der Waals surface area contributed by atoms with E-state index >= 15 is 0 Å². The third kappa shape index (κ3) is 1.25. The molecule has 0 spiro atoms. The van der Waals surface area contributed by atoms with E-state index in [9.17, 15) is 0 Å². The average molecular weight is 257 g/mol. The van der Waals surface area contributed by atoms with Gasteiger partial charge in [0.15, 0.2) is 0 Å². The molecule has 1 aliphatic carbocycles. The van der Waals surface area contributed by atoms with Crippen molar-refractivity contribution in [2.24, 2.45) is 0 Å². The lowest BCUT2D eigenvalue weighted by atomic mass is 9.92. The van der Waals surface area contributed by atoms with Crippen molar-refractivity contribution in [1.29, 1.82) is 0 Å². The first-order valence-electron chi connectivity index (χ1n) is 5.85. The first kappa shape index (κ1) is 10.1. The Kier molecular flexibility index (Phi) is 1.99. The van der Waals surface area contributed by atoms with Gasteiger partial charge >= 0.3 is 0 Å². The molecule has 4 rings (SSSR count). The smallest absolute Gasteiger partial charge is 0.212 e. The monoisotopic (exact) mass is 257 g/mol. The van der Waals surface area contributed by atoms with Crippen molar-refractivity contribution in [1.82, 2.24) is 14.6 Å². The number of benzene rings is 1. The van der Waals surface area contributed by atoms with Crippen LogP contribution < -0.4 is 4.74 Å². The van der Waals surface area contributed by atoms with Gasteiger partial charge in [0.2, 0.25) is 4.96 Å². The molecule has 0 bridgehead atoms. The minimum absolute atomic E-state index is 0.880. The van der Waals surface area contributed by atoms with E-state index in [1.54, 1.807) is 18.4 Å². The van der Waals surface area contributed by atoms with Gasteiger partial charge < -0.3 is 4.74 Å². The Morgan fingerprint density at radius 1 is 1.33 bits per heavy atom. The molecule has 5 heteroatoms. The Hall–Kier alpha value is -1.88. The molecule has 18 heavy (non-hydrogen) atoms. The van der Waals surface area contributed by atoms with E-state index in [2.05, 4.69) is 17.2 Å². The highest BCUT2D eigenvalue weighted by atomic mass is 32.1. The van der Waals surface area contributed by atoms with E-state index in [-0.39, 0.29) is 0 Å². The number of imidazole rings is 1. The zero-order valence-corrected chi connectivity index (χ0v) is 10.7. The Bertz CT molecular complexity index is 744. The molecule has 0 amide bonds. The highest BCUT2D eigenvalue weighted by molar-refractivity contribution is 7.14. The van der Waals surface area contributed by atoms with E-state index in [0.29, 0.717) is 0 Å². The molecular weight excluding hydrogens is 246 g/mol. The lowest BCUT2D eigenvalue weighted by Gasteiger charge is -2.16. The maximum atomic E-state index is 5.30. The van der Waals surface area contributed by atoms with Gasteiger partial charge in [0.25, 0.3) is 0 Å². The van der Waals surface area contributed by atoms with Gasteiger partial charge in [-0.2, -0.15) is 5.10 Å². The number of hydrogen-bond donors (Lipinski definition) is 0. The van der Waals surface area contributed by atoms with Crippen LogP contribution in [-0.2, 0) is 12.8 Å². The normalized spacial score (nSPS) is 13.4. The minimum Gasteiger partial charge on any atom is -0.497 e. The predicted molar refractivity (Wildman–Crippen MR) is 70.3 cm³/mol. The number of aromatic nitrogens is 3. The molecule has 0 unspecified atom stereocenters. The van der Waals surface area contributed by atoms with Crippen molar-refractivity contribution >= 4 is 16.3 Å². The maximum Gasteiger partial charge on any atom is 0.212 e. The summed E-state index contributed by atoms with van der Waals surface area (Å²) in [6, 6.07) is 6.23. The summed E-state index contributed by atoms with van der Waals surface area (Å²) < 4.78 is 7.26. The van der Waals surface area contributed by atoms with Crippen molar-refractivity contribution < 1.29 is 4.74 Å². The fourth-order valence-electron chi connectivity index (χ4n) is 2.55. The second-order valence-corrected chi connectivity index (χ2v) is 5.17. The van der Waals surface area contributed by atoms with E-state index in [1.165, 1.54) is 16.8 Å². The summed E-state index contributed by atoms with van der Waals surface area (Å²) in [5.41, 5.74) is 6.65. The number of ether oxygens (including phenoxy) is 1. The fraction of sp³-hybridized carbons (Fsp3) is 0.231. The number of nitrogens with zero attached hydrogens (tertiary/aromatic N) is 3. The van der Waals surface area contributed by atoms with Crippen LogP contribution in [0.15, 0.2) is 23.7 Å². The Balaban J connectivity index is 2.02. The topological polar surface area (TPSA) is 39.4 Å². The van der Waals surface area contributed by atoms with Crippen LogP contribution in [-0.4, -0.2) is 21.7 Å². The standard InChI is InChI=1S/C13H11N3OS/c1-17-9-4-2-8-3-5-11-12(10(8)6-9)15-13-16(11)14-7-18-13/h2,4,6-7H,3,5H2,1H3. The van der Waals surface area contributed by atoms with Crippen LogP contribution in [0.5, 0.6) is 5.75 Å². The van der Waals surface area contributed by atoms with Gasteiger partial charge in [0.05, 0.1) is 18.5 Å². The minimum atomic E-state index is 0.880. The summed E-state index contributed by atoms with van der Waals surface area (Å²) >= 11 is 1.57. The molecule has 2 aromatic heterocycles. The van der Waals surface area contributed by atoms with Crippen LogP contribution in [0.1, 0.15) is 11.3 Å². The van der Waals surface area contributed by atoms with Crippen LogP contribution in [0, 0.1) is 0 Å². The van der Waals surface area contributed by atoms with Crippen LogP contribution in [0.2, 0.25) is 0 Å². The SMILES string of the molecule is COc1ccc2c(c1)-c1nc3scnn3c1CC2. The summed E-state index contributed by atoms with van der Waals surface area (Å²) in [6.45, 7) is 0. The van der Waals surface area contributed by atoms with Gasteiger partial charge in [-0.1, -0.05) is 17.4 Å². The molecule has 90 valence electrons. The highest BCUT2D eigenvalue weighted by Gasteiger charge is 2.23. The average Bonchev–Trinajstić information content (AvgIpc) is 2.98. The van der Waals surface area contributed by atoms with Gasteiger partial charge in [-0.3, -0.25) is 0 Å². The lowest BCUT2D eigenvalue weighted by Crippen LogP contribution is -2.06. The molecule has 0 aliphatic heterocycles. The zero-order chi connectivity index (χ0) is 12.1. The molecule has 1 aliphatic rings. The number of hydrogen-bond acceptors (Lipinski definition) is 4. The Labute approximate surface area is 108 Å². The van der Waals surface area contributed by atoms with Crippen molar-refractivity contribution in [2.45, 2.75) is 12.8 Å². The van der Waals surface area contributed by atoms with E-state index < -0.39 is 0 Å². The third-order valence-corrected chi connectivity index (χ3v) is 4.12. The molecule has 0 fully saturated rings. The van der Waals surface area contributed by atoms with Crippen LogP contribution >= 0.6 is 11.3 Å². The van der Waals surface area contributed by atoms with Crippen molar-refractivity contribution in [3.05, 3.63) is 35.0 Å². The van der Waals surface area contributed by atoms with Crippen LogP contribution in [0.3, 0.4) is 0 Å². The largest absolute Gasteiger partial charge is 0.497 e. The summed E-state index contributed by atoms with van der Waals surface area (Å²) in [5, 5.41) is 4.35. The van der Waals surface area contributed by atoms with Gasteiger partial charge in [-0.05, 0) is 30.5 Å². The first-order valence-corrected chi connectivity index (χ1v) is 6.73. The molecule has 1 aromatic carbocycles. The number of aryl methyl sites for hydroxylation is 2. The summed E-state index contributed by atoms with van der Waals surface area (Å²) in [4.78, 5) is 5.66. The van der Waals surface area contributed by atoms with Gasteiger partial charge in [0, 0.05) is 5.56 Å². The van der Waals surface area contributed by atoms with Gasteiger partial charge in [-0.15, -0.1) is 0 Å². The third-order valence-electron chi connectivity index (χ3n) is 3.44. The number of rotatable bonds is 1. The zero-order valence-electron chi connectivity index (χ0n) is 9.88. The Morgan fingerprint density at radius 2 is 2.28 bits per heavy atom. The maximum absolute atomic E-state index is 5.30. The predicted octanol–water partition coefficient (Wildman–Crippen LogP) is 2.57. The van der Waals surface area contributed by atoms with Crippen molar-refractivity contribution in [2.75, 3.05) is 7.11 Å². The molecule has 0 saturated carbocycles. The summed E-state index contributed by atoms with van der Waals surface area (Å²) in [5.74, 6) is 0.880. The molecule has 2 heterocycles. The fourth-order valence-corrected chi connectivity index (χ4v) is 3.19. The van der Waals surface area contributed by atoms with E-state index in [1.807, 2.05) is 16.1 Å². The second kappa shape index (κ2) is 3.55. The molecule has 0 radical (unpaired) electrons. The quantitative estimate of drug-likeness (QED) is 0.672. The van der Waals surface area contributed by atoms with Gasteiger partial charge in [-0.25, -0.2) is 9.50 Å². The second-order valence-electron chi connectivity index (χ2n) is 4.36. The number of fused-ring (bicyclic) bond motifs is 5. The Morgan fingerprint density at radius 3 is 3.17 bits per heavy atom. The molecule has 3 aromatic rings. The van der Waals surface area contributed by atoms with Crippen LogP contribution in [0.25, 0.3) is 16.2 Å². The molecule has 0 atom stereocenters. The van der Waals surface area contributed by atoms with Crippen molar-refractivity contribution in [3.8, 4) is 17.0 Å². The number of methoxy groups -OCH3 is 1.